The van der Waals surface area contributed by atoms with E-state index in [0.29, 0.717) is 24.8 Å². The van der Waals surface area contributed by atoms with E-state index >= 15 is 0 Å². The normalized spacial score (nSPS) is 25.4. The molecule has 3 rings (SSSR count). The first-order chi connectivity index (χ1) is 9.19. The van der Waals surface area contributed by atoms with Gasteiger partial charge in [0.1, 0.15) is 11.9 Å². The second-order valence-electron chi connectivity index (χ2n) is 4.70. The van der Waals surface area contributed by atoms with Crippen LogP contribution in [0.3, 0.4) is 0 Å². The zero-order valence-electron chi connectivity index (χ0n) is 10.7. The maximum atomic E-state index is 11.7. The zero-order chi connectivity index (χ0) is 13.4. The second kappa shape index (κ2) is 4.71. The second-order valence-corrected chi connectivity index (χ2v) is 4.70. The molecule has 0 aromatic carbocycles. The van der Waals surface area contributed by atoms with Crippen molar-refractivity contribution in [2.75, 3.05) is 36.3 Å². The summed E-state index contributed by atoms with van der Waals surface area (Å²) in [6.07, 6.45) is 1.81. The monoisotopic (exact) mass is 267 g/mol. The minimum absolute atomic E-state index is 0.0948. The van der Waals surface area contributed by atoms with Crippen LogP contribution in [0.4, 0.5) is 17.5 Å². The van der Waals surface area contributed by atoms with E-state index in [9.17, 15) is 4.79 Å². The minimum Gasteiger partial charge on any atom is -0.382 e. The number of aromatic amines is 1. The van der Waals surface area contributed by atoms with E-state index in [1.54, 1.807) is 7.11 Å². The number of nitrogens with two attached hydrogens (primary N) is 1. The number of rotatable bonds is 3. The fraction of sp³-hybridized carbons (Fsp3) is 0.636. The molecule has 1 aromatic rings. The summed E-state index contributed by atoms with van der Waals surface area (Å²) in [4.78, 5) is 20.3. The highest BCUT2D eigenvalue weighted by Crippen LogP contribution is 2.32. The molecule has 0 radical (unpaired) electrons. The summed E-state index contributed by atoms with van der Waals surface area (Å²) < 4.78 is 11.0. The van der Waals surface area contributed by atoms with Gasteiger partial charge in [0.2, 0.25) is 5.95 Å². The van der Waals surface area contributed by atoms with Crippen molar-refractivity contribution in [1.82, 2.24) is 9.97 Å². The van der Waals surface area contributed by atoms with Gasteiger partial charge in [-0.15, -0.1) is 0 Å². The molecular weight excluding hydrogens is 250 g/mol. The van der Waals surface area contributed by atoms with E-state index in [0.717, 1.165) is 12.8 Å². The van der Waals surface area contributed by atoms with E-state index in [1.165, 1.54) is 0 Å². The molecule has 0 saturated carbocycles. The number of hydrogen-bond acceptors (Lipinski definition) is 7. The number of methoxy groups -OCH3 is 1. The SMILES string of the molecule is COCC1CCC(N2CNc3c2nc(N)[nH]c3=O)O1. The van der Waals surface area contributed by atoms with Crippen LogP contribution in [0.1, 0.15) is 12.8 Å². The number of anilines is 3. The molecule has 0 amide bonds. The van der Waals surface area contributed by atoms with Crippen molar-refractivity contribution < 1.29 is 9.47 Å². The highest BCUT2D eigenvalue weighted by atomic mass is 16.5. The van der Waals surface area contributed by atoms with Crippen LogP contribution in [-0.4, -0.2) is 42.7 Å². The van der Waals surface area contributed by atoms with Gasteiger partial charge in [-0.1, -0.05) is 0 Å². The molecule has 104 valence electrons. The lowest BCUT2D eigenvalue weighted by molar-refractivity contribution is -0.00155. The van der Waals surface area contributed by atoms with Crippen molar-refractivity contribution in [3.05, 3.63) is 10.4 Å². The van der Waals surface area contributed by atoms with Crippen LogP contribution < -0.4 is 21.5 Å². The fourth-order valence-electron chi connectivity index (χ4n) is 2.55. The standard InChI is InChI=1S/C11H17N5O3/c1-18-4-6-2-3-7(19-6)16-5-13-8-9(16)14-11(12)15-10(8)17/h6-7,13H,2-5H2,1H3,(H3,12,14,15,17). The lowest BCUT2D eigenvalue weighted by Gasteiger charge is -2.24. The van der Waals surface area contributed by atoms with Crippen LogP contribution >= 0.6 is 0 Å². The Hall–Kier alpha value is -1.80. The van der Waals surface area contributed by atoms with Crippen molar-refractivity contribution in [1.29, 1.82) is 0 Å². The van der Waals surface area contributed by atoms with Crippen molar-refractivity contribution in [2.24, 2.45) is 0 Å². The largest absolute Gasteiger partial charge is 0.382 e. The fourth-order valence-corrected chi connectivity index (χ4v) is 2.55. The molecule has 2 aliphatic rings. The summed E-state index contributed by atoms with van der Waals surface area (Å²) in [6, 6.07) is 0. The third-order valence-electron chi connectivity index (χ3n) is 3.40. The van der Waals surface area contributed by atoms with Crippen molar-refractivity contribution in [3.8, 4) is 0 Å². The number of aromatic nitrogens is 2. The highest BCUT2D eigenvalue weighted by molar-refractivity contribution is 5.70. The lowest BCUT2D eigenvalue weighted by Crippen LogP contribution is -2.36. The first-order valence-electron chi connectivity index (χ1n) is 6.23. The van der Waals surface area contributed by atoms with E-state index in [-0.39, 0.29) is 23.8 Å². The molecule has 1 saturated heterocycles. The van der Waals surface area contributed by atoms with E-state index in [4.69, 9.17) is 15.2 Å². The molecule has 4 N–H and O–H groups in total. The summed E-state index contributed by atoms with van der Waals surface area (Å²) >= 11 is 0. The topological polar surface area (TPSA) is 105 Å². The van der Waals surface area contributed by atoms with Gasteiger partial charge in [-0.05, 0) is 12.8 Å². The summed E-state index contributed by atoms with van der Waals surface area (Å²) in [7, 11) is 1.66. The van der Waals surface area contributed by atoms with Gasteiger partial charge >= 0.3 is 0 Å². The summed E-state index contributed by atoms with van der Waals surface area (Å²) in [5, 5.41) is 3.02. The third-order valence-corrected chi connectivity index (χ3v) is 3.40. The first kappa shape index (κ1) is 12.2. The van der Waals surface area contributed by atoms with Crippen LogP contribution in [0.5, 0.6) is 0 Å². The Morgan fingerprint density at radius 1 is 1.58 bits per heavy atom. The van der Waals surface area contributed by atoms with Gasteiger partial charge in [-0.25, -0.2) is 0 Å². The van der Waals surface area contributed by atoms with Gasteiger partial charge in [0.25, 0.3) is 5.56 Å². The minimum atomic E-state index is -0.253. The van der Waals surface area contributed by atoms with Gasteiger partial charge in [0.05, 0.1) is 19.4 Å². The van der Waals surface area contributed by atoms with Crippen molar-refractivity contribution in [2.45, 2.75) is 25.2 Å². The number of nitrogen functional groups attached to an aromatic ring is 1. The molecule has 8 heteroatoms. The molecule has 19 heavy (non-hydrogen) atoms. The quantitative estimate of drug-likeness (QED) is 0.690. The van der Waals surface area contributed by atoms with Gasteiger partial charge in [-0.2, -0.15) is 4.98 Å². The van der Waals surface area contributed by atoms with Gasteiger partial charge in [0, 0.05) is 7.11 Å². The molecule has 0 aliphatic carbocycles. The van der Waals surface area contributed by atoms with E-state index < -0.39 is 0 Å². The molecule has 3 heterocycles. The van der Waals surface area contributed by atoms with Crippen LogP contribution in [0, 0.1) is 0 Å². The number of nitrogens with zero attached hydrogens (tertiary/aromatic N) is 2. The van der Waals surface area contributed by atoms with Crippen LogP contribution in [-0.2, 0) is 9.47 Å². The zero-order valence-corrected chi connectivity index (χ0v) is 10.7. The molecule has 2 unspecified atom stereocenters. The number of fused-ring (bicyclic) bond motifs is 1. The Labute approximate surface area is 109 Å². The predicted octanol–water partition coefficient (Wildman–Crippen LogP) is -0.307. The number of ether oxygens (including phenoxy) is 2. The predicted molar refractivity (Wildman–Crippen MR) is 70.0 cm³/mol. The average molecular weight is 267 g/mol. The van der Waals surface area contributed by atoms with Crippen molar-refractivity contribution >= 4 is 17.5 Å². The molecule has 2 aliphatic heterocycles. The Bertz CT molecular complexity index is 532. The number of nitrogens with one attached hydrogen (secondary N) is 2. The molecule has 1 fully saturated rings. The molecule has 2 atom stereocenters. The van der Waals surface area contributed by atoms with Crippen LogP contribution in [0.2, 0.25) is 0 Å². The summed E-state index contributed by atoms with van der Waals surface area (Å²) in [5.41, 5.74) is 5.78. The average Bonchev–Trinajstić information content (AvgIpc) is 2.95. The summed E-state index contributed by atoms with van der Waals surface area (Å²) in [6.45, 7) is 1.08. The van der Waals surface area contributed by atoms with Crippen molar-refractivity contribution in [3.63, 3.8) is 0 Å². The molecular formula is C11H17N5O3. The van der Waals surface area contributed by atoms with Crippen LogP contribution in [0.25, 0.3) is 0 Å². The first-order valence-corrected chi connectivity index (χ1v) is 6.23. The van der Waals surface area contributed by atoms with E-state index in [1.807, 2.05) is 4.90 Å². The Balaban J connectivity index is 1.81. The maximum Gasteiger partial charge on any atom is 0.277 e. The number of hydrogen-bond donors (Lipinski definition) is 3. The van der Waals surface area contributed by atoms with E-state index in [2.05, 4.69) is 15.3 Å². The lowest BCUT2D eigenvalue weighted by atomic mass is 10.2. The smallest absolute Gasteiger partial charge is 0.277 e. The number of H-pyrrole nitrogens is 1. The Morgan fingerprint density at radius 2 is 2.42 bits per heavy atom. The van der Waals surface area contributed by atoms with Gasteiger partial charge < -0.3 is 25.4 Å². The summed E-state index contributed by atoms with van der Waals surface area (Å²) in [5.74, 6) is 0.674. The Kier molecular flexibility index (Phi) is 3.03. The third kappa shape index (κ3) is 2.13. The highest BCUT2D eigenvalue weighted by Gasteiger charge is 2.35. The molecule has 1 aromatic heterocycles. The molecule has 0 spiro atoms. The molecule has 0 bridgehead atoms. The Morgan fingerprint density at radius 3 is 3.21 bits per heavy atom. The van der Waals surface area contributed by atoms with Crippen LogP contribution in [0.15, 0.2) is 4.79 Å². The van der Waals surface area contributed by atoms with Gasteiger partial charge in [-0.3, -0.25) is 9.78 Å². The molecule has 8 nitrogen and oxygen atoms in total. The maximum absolute atomic E-state index is 11.7. The van der Waals surface area contributed by atoms with Gasteiger partial charge in [0.15, 0.2) is 5.82 Å².